The Morgan fingerprint density at radius 2 is 2.04 bits per heavy atom. The Balaban J connectivity index is 1.86. The van der Waals surface area contributed by atoms with Crippen molar-refractivity contribution in [1.29, 1.82) is 0 Å². The number of fused-ring (bicyclic) bond motifs is 1. The third-order valence-corrected chi connectivity index (χ3v) is 5.04. The summed E-state index contributed by atoms with van der Waals surface area (Å²) in [5.74, 6) is -0.122. The minimum atomic E-state index is -1.07. The van der Waals surface area contributed by atoms with Crippen LogP contribution >= 0.6 is 0 Å². The summed E-state index contributed by atoms with van der Waals surface area (Å²) < 4.78 is 11.7. The van der Waals surface area contributed by atoms with E-state index in [4.69, 9.17) is 0 Å². The van der Waals surface area contributed by atoms with Gasteiger partial charge in [-0.3, -0.25) is 13.8 Å². The standard InChI is InChI=1S/C18H20N2O3S/c1-24(23)11-16(12-6-3-2-4-7-12)20-18(22)14-10-13-8-5-9-15(13)19-17(14)21/h2-4,6-7,10,16H,5,8-9,11H2,1H3,(H,19,21)(H,20,22). The Hall–Kier alpha value is -2.21. The van der Waals surface area contributed by atoms with Crippen LogP contribution in [-0.2, 0) is 23.6 Å². The highest BCUT2D eigenvalue weighted by Crippen LogP contribution is 2.19. The molecule has 24 heavy (non-hydrogen) atoms. The first-order valence-electron chi connectivity index (χ1n) is 7.95. The zero-order chi connectivity index (χ0) is 17.1. The van der Waals surface area contributed by atoms with Crippen LogP contribution in [0.5, 0.6) is 0 Å². The molecule has 0 aliphatic heterocycles. The fourth-order valence-electron chi connectivity index (χ4n) is 3.06. The van der Waals surface area contributed by atoms with Crippen LogP contribution in [0.4, 0.5) is 0 Å². The predicted molar refractivity (Wildman–Crippen MR) is 94.7 cm³/mol. The van der Waals surface area contributed by atoms with Gasteiger partial charge in [0.25, 0.3) is 11.5 Å². The number of H-pyrrole nitrogens is 1. The first-order chi connectivity index (χ1) is 11.5. The van der Waals surface area contributed by atoms with Gasteiger partial charge in [-0.2, -0.15) is 0 Å². The molecule has 0 saturated heterocycles. The molecule has 0 fully saturated rings. The van der Waals surface area contributed by atoms with E-state index in [2.05, 4.69) is 10.3 Å². The average Bonchev–Trinajstić information content (AvgIpc) is 3.01. The molecule has 126 valence electrons. The Labute approximate surface area is 143 Å². The first-order valence-corrected chi connectivity index (χ1v) is 9.68. The van der Waals surface area contributed by atoms with Crippen LogP contribution in [-0.4, -0.2) is 27.1 Å². The number of rotatable bonds is 5. The monoisotopic (exact) mass is 344 g/mol. The molecule has 1 aliphatic rings. The van der Waals surface area contributed by atoms with E-state index in [-0.39, 0.29) is 11.1 Å². The molecule has 1 aliphatic carbocycles. The maximum Gasteiger partial charge on any atom is 0.261 e. The number of aromatic nitrogens is 1. The summed E-state index contributed by atoms with van der Waals surface area (Å²) in [5.41, 5.74) is 2.61. The van der Waals surface area contributed by atoms with Crippen LogP contribution in [0.3, 0.4) is 0 Å². The average molecular weight is 344 g/mol. The van der Waals surface area contributed by atoms with E-state index < -0.39 is 22.7 Å². The molecule has 1 heterocycles. The highest BCUT2D eigenvalue weighted by Gasteiger charge is 2.21. The number of carbonyl (C=O) groups excluding carboxylic acids is 1. The van der Waals surface area contributed by atoms with Gasteiger partial charge < -0.3 is 10.3 Å². The van der Waals surface area contributed by atoms with Crippen molar-refractivity contribution in [3.63, 3.8) is 0 Å². The number of nitrogens with one attached hydrogen (secondary N) is 2. The van der Waals surface area contributed by atoms with E-state index in [9.17, 15) is 13.8 Å². The molecule has 1 aromatic carbocycles. The Morgan fingerprint density at radius 1 is 1.29 bits per heavy atom. The van der Waals surface area contributed by atoms with Crippen molar-refractivity contribution >= 4 is 16.7 Å². The molecule has 3 rings (SSSR count). The van der Waals surface area contributed by atoms with E-state index in [0.717, 1.165) is 36.1 Å². The van der Waals surface area contributed by atoms with Crippen LogP contribution in [0.2, 0.25) is 0 Å². The van der Waals surface area contributed by atoms with Gasteiger partial charge in [-0.1, -0.05) is 30.3 Å². The van der Waals surface area contributed by atoms with E-state index in [1.165, 1.54) is 0 Å². The van der Waals surface area contributed by atoms with Gasteiger partial charge in [0.05, 0.1) is 6.04 Å². The zero-order valence-corrected chi connectivity index (χ0v) is 14.3. The van der Waals surface area contributed by atoms with Crippen molar-refractivity contribution in [2.75, 3.05) is 12.0 Å². The summed E-state index contributed by atoms with van der Waals surface area (Å²) in [7, 11) is -1.07. The summed E-state index contributed by atoms with van der Waals surface area (Å²) in [5, 5.41) is 2.86. The molecule has 0 radical (unpaired) electrons. The maximum atomic E-state index is 12.6. The maximum absolute atomic E-state index is 12.6. The van der Waals surface area contributed by atoms with Crippen molar-refractivity contribution in [3.8, 4) is 0 Å². The third kappa shape index (κ3) is 3.64. The molecule has 6 heteroatoms. The van der Waals surface area contributed by atoms with E-state index in [1.54, 1.807) is 12.3 Å². The molecular formula is C18H20N2O3S. The number of hydrogen-bond donors (Lipinski definition) is 2. The van der Waals surface area contributed by atoms with Crippen molar-refractivity contribution in [3.05, 3.63) is 69.1 Å². The lowest BCUT2D eigenvalue weighted by molar-refractivity contribution is 0.0939. The smallest absolute Gasteiger partial charge is 0.261 e. The number of amides is 1. The Kier molecular flexibility index (Phi) is 4.94. The molecule has 2 atom stereocenters. The highest BCUT2D eigenvalue weighted by molar-refractivity contribution is 7.84. The van der Waals surface area contributed by atoms with E-state index in [0.29, 0.717) is 5.75 Å². The lowest BCUT2D eigenvalue weighted by Crippen LogP contribution is -2.35. The third-order valence-electron chi connectivity index (χ3n) is 4.24. The van der Waals surface area contributed by atoms with Crippen molar-refractivity contribution in [2.45, 2.75) is 25.3 Å². The number of aryl methyl sites for hydroxylation is 2. The van der Waals surface area contributed by atoms with Gasteiger partial charge in [0.2, 0.25) is 0 Å². The van der Waals surface area contributed by atoms with Crippen LogP contribution in [0.15, 0.2) is 41.2 Å². The number of carbonyl (C=O) groups is 1. The summed E-state index contributed by atoms with van der Waals surface area (Å²) in [6.45, 7) is 0. The van der Waals surface area contributed by atoms with Gasteiger partial charge in [0.15, 0.2) is 0 Å². The number of benzene rings is 1. The number of aromatic amines is 1. The number of hydrogen-bond acceptors (Lipinski definition) is 3. The SMILES string of the molecule is CS(=O)CC(NC(=O)c1cc2c([nH]c1=O)CCC2)c1ccccc1. The molecule has 0 bridgehead atoms. The molecule has 2 aromatic rings. The minimum Gasteiger partial charge on any atom is -0.344 e. The molecule has 5 nitrogen and oxygen atoms in total. The first kappa shape index (κ1) is 16.6. The van der Waals surface area contributed by atoms with Gasteiger partial charge in [0.1, 0.15) is 5.56 Å². The minimum absolute atomic E-state index is 0.124. The van der Waals surface area contributed by atoms with Crippen LogP contribution in [0.1, 0.15) is 39.6 Å². The second-order valence-corrected chi connectivity index (χ2v) is 7.53. The topological polar surface area (TPSA) is 79.0 Å². The van der Waals surface area contributed by atoms with Gasteiger partial charge in [-0.05, 0) is 36.5 Å². The second kappa shape index (κ2) is 7.13. The normalized spacial score (nSPS) is 15.5. The fraction of sp³-hybridized carbons (Fsp3) is 0.333. The summed E-state index contributed by atoms with van der Waals surface area (Å²) in [6, 6.07) is 10.7. The quantitative estimate of drug-likeness (QED) is 0.867. The second-order valence-electron chi connectivity index (χ2n) is 6.05. The predicted octanol–water partition coefficient (Wildman–Crippen LogP) is 1.71. The summed E-state index contributed by atoms with van der Waals surface area (Å²) in [6.07, 6.45) is 4.34. The van der Waals surface area contributed by atoms with E-state index in [1.807, 2.05) is 30.3 Å². The Morgan fingerprint density at radius 3 is 2.75 bits per heavy atom. The fourth-order valence-corrected chi connectivity index (χ4v) is 3.80. The van der Waals surface area contributed by atoms with Crippen LogP contribution in [0, 0.1) is 0 Å². The van der Waals surface area contributed by atoms with Crippen molar-refractivity contribution in [2.24, 2.45) is 0 Å². The van der Waals surface area contributed by atoms with Crippen LogP contribution < -0.4 is 10.9 Å². The zero-order valence-electron chi connectivity index (χ0n) is 13.5. The van der Waals surface area contributed by atoms with Gasteiger partial charge in [-0.25, -0.2) is 0 Å². The van der Waals surface area contributed by atoms with E-state index >= 15 is 0 Å². The summed E-state index contributed by atoms with van der Waals surface area (Å²) >= 11 is 0. The molecule has 2 N–H and O–H groups in total. The molecule has 0 saturated carbocycles. The lowest BCUT2D eigenvalue weighted by Gasteiger charge is -2.18. The molecule has 1 aromatic heterocycles. The highest BCUT2D eigenvalue weighted by atomic mass is 32.2. The molecule has 1 amide bonds. The van der Waals surface area contributed by atoms with Gasteiger partial charge >= 0.3 is 0 Å². The lowest BCUT2D eigenvalue weighted by atomic mass is 10.1. The van der Waals surface area contributed by atoms with Crippen LogP contribution in [0.25, 0.3) is 0 Å². The number of pyridine rings is 1. The molecular weight excluding hydrogens is 324 g/mol. The Bertz CT molecular complexity index is 830. The van der Waals surface area contributed by atoms with Crippen molar-refractivity contribution in [1.82, 2.24) is 10.3 Å². The van der Waals surface area contributed by atoms with Gasteiger partial charge in [0, 0.05) is 28.5 Å². The van der Waals surface area contributed by atoms with Crippen molar-refractivity contribution < 1.29 is 9.00 Å². The molecule has 2 unspecified atom stereocenters. The molecule has 0 spiro atoms. The summed E-state index contributed by atoms with van der Waals surface area (Å²) in [4.78, 5) is 27.6. The largest absolute Gasteiger partial charge is 0.344 e. The van der Waals surface area contributed by atoms with Gasteiger partial charge in [-0.15, -0.1) is 0 Å².